The highest BCUT2D eigenvalue weighted by Gasteiger charge is 2.42. The summed E-state index contributed by atoms with van der Waals surface area (Å²) in [5.74, 6) is -0.0183. The van der Waals surface area contributed by atoms with E-state index in [9.17, 15) is 9.59 Å². The summed E-state index contributed by atoms with van der Waals surface area (Å²) in [6.45, 7) is 3.59. The van der Waals surface area contributed by atoms with Crippen molar-refractivity contribution in [3.63, 3.8) is 0 Å². The van der Waals surface area contributed by atoms with Gasteiger partial charge in [0.25, 0.3) is 0 Å². The molecule has 27 heavy (non-hydrogen) atoms. The van der Waals surface area contributed by atoms with Crippen LogP contribution in [-0.4, -0.2) is 41.9 Å². The molecule has 0 aromatic heterocycles. The maximum atomic E-state index is 13.6. The van der Waals surface area contributed by atoms with Gasteiger partial charge in [0.2, 0.25) is 11.8 Å². The number of carbonyl (C=O) groups is 2. The zero-order valence-corrected chi connectivity index (χ0v) is 16.3. The van der Waals surface area contributed by atoms with Crippen LogP contribution in [0.5, 0.6) is 0 Å². The minimum absolute atomic E-state index is 0.152. The van der Waals surface area contributed by atoms with E-state index in [0.717, 1.165) is 63.7 Å². The molecule has 4 rings (SSSR count). The molecule has 5 nitrogen and oxygen atoms in total. The summed E-state index contributed by atoms with van der Waals surface area (Å²) in [4.78, 5) is 30.7. The van der Waals surface area contributed by atoms with Gasteiger partial charge in [-0.15, -0.1) is 0 Å². The number of hydrogen-bond acceptors (Lipinski definition) is 3. The zero-order valence-electron chi connectivity index (χ0n) is 16.3. The van der Waals surface area contributed by atoms with Crippen LogP contribution in [0.4, 0.5) is 5.69 Å². The van der Waals surface area contributed by atoms with Gasteiger partial charge in [0, 0.05) is 36.8 Å². The number of likely N-dealkylation sites (tertiary alicyclic amines) is 1. The van der Waals surface area contributed by atoms with Crippen molar-refractivity contribution in [2.24, 2.45) is 17.6 Å². The van der Waals surface area contributed by atoms with Crippen molar-refractivity contribution in [2.45, 2.75) is 64.0 Å². The summed E-state index contributed by atoms with van der Waals surface area (Å²) in [6.07, 6.45) is 6.38. The third-order valence-corrected chi connectivity index (χ3v) is 6.70. The minimum Gasteiger partial charge on any atom is -0.342 e. The van der Waals surface area contributed by atoms with Gasteiger partial charge >= 0.3 is 0 Å². The molecule has 1 aliphatic carbocycles. The number of piperidine rings is 1. The van der Waals surface area contributed by atoms with E-state index in [1.807, 2.05) is 28.0 Å². The van der Waals surface area contributed by atoms with Gasteiger partial charge in [0.05, 0.1) is 5.92 Å². The van der Waals surface area contributed by atoms with E-state index in [-0.39, 0.29) is 35.7 Å². The summed E-state index contributed by atoms with van der Waals surface area (Å²) < 4.78 is 0. The highest BCUT2D eigenvalue weighted by atomic mass is 16.2. The Hall–Kier alpha value is -1.88. The molecular weight excluding hydrogens is 338 g/mol. The van der Waals surface area contributed by atoms with Crippen LogP contribution < -0.4 is 10.6 Å². The molecule has 2 heterocycles. The number of nitrogens with two attached hydrogens (primary N) is 1. The molecule has 5 heteroatoms. The van der Waals surface area contributed by atoms with Crippen LogP contribution in [0.2, 0.25) is 0 Å². The second-order valence-corrected chi connectivity index (χ2v) is 8.55. The van der Waals surface area contributed by atoms with Gasteiger partial charge in [-0.3, -0.25) is 9.59 Å². The Morgan fingerprint density at radius 3 is 2.30 bits per heavy atom. The summed E-state index contributed by atoms with van der Waals surface area (Å²) in [6, 6.07) is 8.56. The monoisotopic (exact) mass is 369 g/mol. The lowest BCUT2D eigenvalue weighted by Gasteiger charge is -2.38. The lowest BCUT2D eigenvalue weighted by atomic mass is 9.77. The number of anilines is 1. The first kappa shape index (κ1) is 18.5. The Morgan fingerprint density at radius 2 is 1.59 bits per heavy atom. The second kappa shape index (κ2) is 7.63. The minimum atomic E-state index is -0.185. The molecule has 146 valence electrons. The number of benzene rings is 1. The maximum absolute atomic E-state index is 13.6. The normalized spacial score (nSPS) is 28.9. The number of nitrogens with zero attached hydrogens (tertiary/aromatic N) is 2. The largest absolute Gasteiger partial charge is 0.342 e. The second-order valence-electron chi connectivity index (χ2n) is 8.55. The van der Waals surface area contributed by atoms with Crippen LogP contribution in [0.15, 0.2) is 24.3 Å². The van der Waals surface area contributed by atoms with E-state index in [4.69, 9.17) is 5.73 Å². The summed E-state index contributed by atoms with van der Waals surface area (Å²) in [5.41, 5.74) is 8.27. The SMILES string of the molecule is CC1Cc2ccccc2N1C(=O)C1CCCCC1C(=O)N1CCC(N)CC1. The van der Waals surface area contributed by atoms with Crippen molar-refractivity contribution in [1.29, 1.82) is 0 Å². The van der Waals surface area contributed by atoms with Gasteiger partial charge in [0.1, 0.15) is 0 Å². The van der Waals surface area contributed by atoms with Gasteiger partial charge in [-0.2, -0.15) is 0 Å². The highest BCUT2D eigenvalue weighted by molar-refractivity contribution is 6.00. The van der Waals surface area contributed by atoms with E-state index >= 15 is 0 Å². The summed E-state index contributed by atoms with van der Waals surface area (Å²) in [5, 5.41) is 0. The molecule has 1 saturated heterocycles. The van der Waals surface area contributed by atoms with Crippen molar-refractivity contribution < 1.29 is 9.59 Å². The van der Waals surface area contributed by atoms with Crippen LogP contribution in [-0.2, 0) is 16.0 Å². The predicted octanol–water partition coefficient (Wildman–Crippen LogP) is 2.72. The molecule has 1 saturated carbocycles. The van der Waals surface area contributed by atoms with Crippen molar-refractivity contribution in [2.75, 3.05) is 18.0 Å². The molecule has 3 atom stereocenters. The predicted molar refractivity (Wildman–Crippen MR) is 106 cm³/mol. The highest BCUT2D eigenvalue weighted by Crippen LogP contribution is 2.38. The third-order valence-electron chi connectivity index (χ3n) is 6.70. The van der Waals surface area contributed by atoms with Crippen LogP contribution >= 0.6 is 0 Å². The molecule has 2 N–H and O–H groups in total. The van der Waals surface area contributed by atoms with Gasteiger partial charge < -0.3 is 15.5 Å². The van der Waals surface area contributed by atoms with Crippen molar-refractivity contribution >= 4 is 17.5 Å². The number of rotatable bonds is 2. The molecular formula is C22H31N3O2. The van der Waals surface area contributed by atoms with Crippen LogP contribution in [0.1, 0.15) is 51.0 Å². The van der Waals surface area contributed by atoms with E-state index in [1.54, 1.807) is 0 Å². The van der Waals surface area contributed by atoms with Crippen molar-refractivity contribution in [1.82, 2.24) is 4.90 Å². The average molecular weight is 370 g/mol. The molecule has 2 aliphatic heterocycles. The fraction of sp³-hybridized carbons (Fsp3) is 0.636. The van der Waals surface area contributed by atoms with Crippen LogP contribution in [0, 0.1) is 11.8 Å². The zero-order chi connectivity index (χ0) is 19.0. The lowest BCUT2D eigenvalue weighted by Crippen LogP contribution is -2.50. The van der Waals surface area contributed by atoms with Crippen molar-refractivity contribution in [3.05, 3.63) is 29.8 Å². The van der Waals surface area contributed by atoms with E-state index in [1.165, 1.54) is 5.56 Å². The molecule has 0 bridgehead atoms. The number of fused-ring (bicyclic) bond motifs is 1. The fourth-order valence-corrected chi connectivity index (χ4v) is 5.16. The Morgan fingerprint density at radius 1 is 0.963 bits per heavy atom. The topological polar surface area (TPSA) is 66.6 Å². The van der Waals surface area contributed by atoms with Crippen LogP contribution in [0.3, 0.4) is 0 Å². The van der Waals surface area contributed by atoms with E-state index in [2.05, 4.69) is 13.0 Å². The van der Waals surface area contributed by atoms with Gasteiger partial charge in [-0.05, 0) is 50.7 Å². The maximum Gasteiger partial charge on any atom is 0.231 e. The first-order valence-electron chi connectivity index (χ1n) is 10.5. The summed E-state index contributed by atoms with van der Waals surface area (Å²) in [7, 11) is 0. The van der Waals surface area contributed by atoms with Crippen molar-refractivity contribution in [3.8, 4) is 0 Å². The number of carbonyl (C=O) groups excluding carboxylic acids is 2. The molecule has 2 fully saturated rings. The average Bonchev–Trinajstić information content (AvgIpc) is 3.03. The molecule has 0 radical (unpaired) electrons. The lowest BCUT2D eigenvalue weighted by molar-refractivity contribution is -0.143. The van der Waals surface area contributed by atoms with E-state index in [0.29, 0.717) is 0 Å². The summed E-state index contributed by atoms with van der Waals surface area (Å²) >= 11 is 0. The van der Waals surface area contributed by atoms with E-state index < -0.39 is 0 Å². The van der Waals surface area contributed by atoms with Crippen LogP contribution in [0.25, 0.3) is 0 Å². The van der Waals surface area contributed by atoms with Gasteiger partial charge in [-0.1, -0.05) is 31.0 Å². The molecule has 0 spiro atoms. The Kier molecular flexibility index (Phi) is 5.22. The molecule has 2 amide bonds. The molecule has 1 aromatic rings. The van der Waals surface area contributed by atoms with Gasteiger partial charge in [0.15, 0.2) is 0 Å². The Bertz CT molecular complexity index is 711. The number of amides is 2. The first-order valence-corrected chi connectivity index (χ1v) is 10.5. The molecule has 3 aliphatic rings. The first-order chi connectivity index (χ1) is 13.1. The molecule has 1 aromatic carbocycles. The standard InChI is InChI=1S/C22H31N3O2/c1-15-14-16-6-2-5-9-20(16)25(15)22(27)19-8-4-3-7-18(19)21(26)24-12-10-17(23)11-13-24/h2,5-6,9,15,17-19H,3-4,7-8,10-14,23H2,1H3. The number of para-hydroxylation sites is 1. The quantitative estimate of drug-likeness (QED) is 0.872. The Balaban J connectivity index is 1.54. The van der Waals surface area contributed by atoms with Gasteiger partial charge in [-0.25, -0.2) is 0 Å². The smallest absolute Gasteiger partial charge is 0.231 e. The number of hydrogen-bond donors (Lipinski definition) is 1. The fourth-order valence-electron chi connectivity index (χ4n) is 5.16. The Labute approximate surface area is 161 Å². The third kappa shape index (κ3) is 3.49. The molecule has 3 unspecified atom stereocenters.